The number of amides is 1. The molecule has 0 aromatic heterocycles. The van der Waals surface area contributed by atoms with Gasteiger partial charge in [-0.05, 0) is 20.3 Å². The lowest BCUT2D eigenvalue weighted by Gasteiger charge is -2.31. The zero-order valence-corrected chi connectivity index (χ0v) is 10.4. The average molecular weight is 227 g/mol. The van der Waals surface area contributed by atoms with E-state index in [1.54, 1.807) is 4.90 Å². The molecule has 0 saturated carbocycles. The van der Waals surface area contributed by atoms with E-state index >= 15 is 0 Å². The van der Waals surface area contributed by atoms with Crippen molar-refractivity contribution in [2.24, 2.45) is 5.92 Å². The first-order chi connectivity index (χ1) is 7.54. The number of ether oxygens (including phenoxy) is 1. The third kappa shape index (κ3) is 3.59. The molecule has 1 fully saturated rings. The summed E-state index contributed by atoms with van der Waals surface area (Å²) in [7, 11) is 0. The lowest BCUT2D eigenvalue weighted by Crippen LogP contribution is -2.45. The maximum absolute atomic E-state index is 11.8. The molecule has 0 bridgehead atoms. The first-order valence-corrected chi connectivity index (χ1v) is 5.96. The van der Waals surface area contributed by atoms with Gasteiger partial charge in [0.2, 0.25) is 5.91 Å². The minimum absolute atomic E-state index is 0.000324. The standard InChI is InChI=1S/C12H21NO3/c1-4-10-7-13(6-5-11(10)14)12(15)8-16-9(2)3/h9-10H,4-8H2,1-3H3. The maximum atomic E-state index is 11.8. The van der Waals surface area contributed by atoms with E-state index in [4.69, 9.17) is 4.74 Å². The molecule has 0 spiro atoms. The number of nitrogens with zero attached hydrogens (tertiary/aromatic N) is 1. The zero-order chi connectivity index (χ0) is 12.1. The van der Waals surface area contributed by atoms with Gasteiger partial charge in [0.1, 0.15) is 12.4 Å². The molecular weight excluding hydrogens is 206 g/mol. The van der Waals surface area contributed by atoms with Gasteiger partial charge < -0.3 is 9.64 Å². The van der Waals surface area contributed by atoms with Gasteiger partial charge in [0.25, 0.3) is 0 Å². The normalized spacial score (nSPS) is 21.6. The van der Waals surface area contributed by atoms with E-state index in [2.05, 4.69) is 0 Å². The second-order valence-electron chi connectivity index (χ2n) is 4.52. The summed E-state index contributed by atoms with van der Waals surface area (Å²) in [6.07, 6.45) is 1.37. The molecule has 1 amide bonds. The fourth-order valence-corrected chi connectivity index (χ4v) is 1.82. The van der Waals surface area contributed by atoms with Gasteiger partial charge in [0, 0.05) is 25.4 Å². The largest absolute Gasteiger partial charge is 0.369 e. The number of Topliss-reactive ketones (excluding diaryl/α,β-unsaturated/α-hetero) is 1. The fraction of sp³-hybridized carbons (Fsp3) is 0.833. The minimum atomic E-state index is -0.000324. The predicted molar refractivity (Wildman–Crippen MR) is 61.1 cm³/mol. The van der Waals surface area contributed by atoms with Gasteiger partial charge in [-0.2, -0.15) is 0 Å². The molecule has 1 aliphatic rings. The van der Waals surface area contributed by atoms with Gasteiger partial charge in [-0.25, -0.2) is 0 Å². The number of hydrogen-bond acceptors (Lipinski definition) is 3. The van der Waals surface area contributed by atoms with Crippen LogP contribution in [0, 0.1) is 5.92 Å². The summed E-state index contributed by atoms with van der Waals surface area (Å²) in [6.45, 7) is 7.04. The molecule has 1 atom stereocenters. The number of carbonyl (C=O) groups is 2. The Balaban J connectivity index is 2.42. The molecule has 4 nitrogen and oxygen atoms in total. The number of ketones is 1. The van der Waals surface area contributed by atoms with Crippen molar-refractivity contribution < 1.29 is 14.3 Å². The van der Waals surface area contributed by atoms with Crippen molar-refractivity contribution in [2.45, 2.75) is 39.7 Å². The quantitative estimate of drug-likeness (QED) is 0.726. The monoisotopic (exact) mass is 227 g/mol. The molecule has 1 heterocycles. The molecule has 1 rings (SSSR count). The van der Waals surface area contributed by atoms with Gasteiger partial charge in [-0.1, -0.05) is 6.92 Å². The van der Waals surface area contributed by atoms with Gasteiger partial charge in [0.05, 0.1) is 6.10 Å². The molecule has 0 radical (unpaired) electrons. The Labute approximate surface area is 96.9 Å². The van der Waals surface area contributed by atoms with Crippen LogP contribution >= 0.6 is 0 Å². The van der Waals surface area contributed by atoms with Crippen LogP contribution in [-0.4, -0.2) is 42.4 Å². The summed E-state index contributed by atoms with van der Waals surface area (Å²) in [5.41, 5.74) is 0. The number of rotatable bonds is 4. The Kier molecular flexibility index (Phi) is 4.93. The third-order valence-corrected chi connectivity index (χ3v) is 2.91. The van der Waals surface area contributed by atoms with E-state index in [9.17, 15) is 9.59 Å². The molecule has 0 aromatic carbocycles. The Bertz CT molecular complexity index is 263. The van der Waals surface area contributed by atoms with Crippen molar-refractivity contribution in [3.8, 4) is 0 Å². The summed E-state index contributed by atoms with van der Waals surface area (Å²) in [6, 6.07) is 0. The molecule has 1 saturated heterocycles. The molecule has 4 heteroatoms. The number of piperidine rings is 1. The average Bonchev–Trinajstić information content (AvgIpc) is 2.26. The lowest BCUT2D eigenvalue weighted by molar-refractivity contribution is -0.142. The molecule has 1 aliphatic heterocycles. The second kappa shape index (κ2) is 5.99. The van der Waals surface area contributed by atoms with Gasteiger partial charge in [-0.15, -0.1) is 0 Å². The van der Waals surface area contributed by atoms with E-state index in [1.165, 1.54) is 0 Å². The summed E-state index contributed by atoms with van der Waals surface area (Å²) >= 11 is 0. The number of hydrogen-bond donors (Lipinski definition) is 0. The van der Waals surface area contributed by atoms with Crippen molar-refractivity contribution >= 4 is 11.7 Å². The summed E-state index contributed by atoms with van der Waals surface area (Å²) in [5.74, 6) is 0.313. The van der Waals surface area contributed by atoms with Crippen LogP contribution in [0.25, 0.3) is 0 Å². The van der Waals surface area contributed by atoms with E-state index in [0.717, 1.165) is 6.42 Å². The van der Waals surface area contributed by atoms with Crippen molar-refractivity contribution in [1.29, 1.82) is 0 Å². The highest BCUT2D eigenvalue weighted by atomic mass is 16.5. The molecule has 16 heavy (non-hydrogen) atoms. The summed E-state index contributed by atoms with van der Waals surface area (Å²) in [4.78, 5) is 25.0. The van der Waals surface area contributed by atoms with Crippen LogP contribution in [0.15, 0.2) is 0 Å². The van der Waals surface area contributed by atoms with Crippen molar-refractivity contribution in [3.63, 3.8) is 0 Å². The van der Waals surface area contributed by atoms with Crippen LogP contribution in [0.4, 0.5) is 0 Å². The number of likely N-dealkylation sites (tertiary alicyclic amines) is 1. The SMILES string of the molecule is CCC1CN(C(=O)COC(C)C)CCC1=O. The van der Waals surface area contributed by atoms with Crippen LogP contribution < -0.4 is 0 Å². The van der Waals surface area contributed by atoms with Crippen LogP contribution in [-0.2, 0) is 14.3 Å². The summed E-state index contributed by atoms with van der Waals surface area (Å²) < 4.78 is 5.28. The van der Waals surface area contributed by atoms with Gasteiger partial charge >= 0.3 is 0 Å². The van der Waals surface area contributed by atoms with Crippen LogP contribution in [0.3, 0.4) is 0 Å². The highest BCUT2D eigenvalue weighted by molar-refractivity contribution is 5.85. The first kappa shape index (κ1) is 13.2. The van der Waals surface area contributed by atoms with E-state index in [-0.39, 0.29) is 30.3 Å². The third-order valence-electron chi connectivity index (χ3n) is 2.91. The lowest BCUT2D eigenvalue weighted by atomic mass is 9.94. The maximum Gasteiger partial charge on any atom is 0.248 e. The van der Waals surface area contributed by atoms with Crippen molar-refractivity contribution in [3.05, 3.63) is 0 Å². The molecular formula is C12H21NO3. The Morgan fingerprint density at radius 3 is 2.81 bits per heavy atom. The molecule has 1 unspecified atom stereocenters. The highest BCUT2D eigenvalue weighted by Gasteiger charge is 2.28. The van der Waals surface area contributed by atoms with Crippen LogP contribution in [0.2, 0.25) is 0 Å². The second-order valence-corrected chi connectivity index (χ2v) is 4.52. The fourth-order valence-electron chi connectivity index (χ4n) is 1.82. The predicted octanol–water partition coefficient (Wildman–Crippen LogP) is 1.24. The minimum Gasteiger partial charge on any atom is -0.369 e. The van der Waals surface area contributed by atoms with E-state index < -0.39 is 0 Å². The smallest absolute Gasteiger partial charge is 0.248 e. The summed E-state index contributed by atoms with van der Waals surface area (Å²) in [5, 5.41) is 0. The zero-order valence-electron chi connectivity index (χ0n) is 10.4. The van der Waals surface area contributed by atoms with Gasteiger partial charge in [0.15, 0.2) is 0 Å². The van der Waals surface area contributed by atoms with Crippen molar-refractivity contribution in [2.75, 3.05) is 19.7 Å². The van der Waals surface area contributed by atoms with Crippen LogP contribution in [0.5, 0.6) is 0 Å². The van der Waals surface area contributed by atoms with E-state index in [1.807, 2.05) is 20.8 Å². The highest BCUT2D eigenvalue weighted by Crippen LogP contribution is 2.16. The molecule has 0 aliphatic carbocycles. The molecule has 92 valence electrons. The molecule has 0 aromatic rings. The Morgan fingerprint density at radius 2 is 2.25 bits per heavy atom. The Morgan fingerprint density at radius 1 is 1.56 bits per heavy atom. The topological polar surface area (TPSA) is 46.6 Å². The first-order valence-electron chi connectivity index (χ1n) is 5.96. The Hall–Kier alpha value is -0.900. The van der Waals surface area contributed by atoms with Crippen LogP contribution in [0.1, 0.15) is 33.6 Å². The molecule has 0 N–H and O–H groups in total. The number of carbonyl (C=O) groups excluding carboxylic acids is 2. The van der Waals surface area contributed by atoms with Crippen molar-refractivity contribution in [1.82, 2.24) is 4.90 Å². The van der Waals surface area contributed by atoms with Gasteiger partial charge in [-0.3, -0.25) is 9.59 Å². The van der Waals surface area contributed by atoms with E-state index in [0.29, 0.717) is 19.5 Å².